The van der Waals surface area contributed by atoms with Crippen molar-refractivity contribution in [1.82, 2.24) is 15.1 Å². The van der Waals surface area contributed by atoms with Crippen LogP contribution in [0.4, 0.5) is 0 Å². The van der Waals surface area contributed by atoms with Crippen LogP contribution < -0.4 is 10.9 Å². The molecule has 1 rings (SSSR count). The Bertz CT molecular complexity index is 750. The molecular weight excluding hydrogens is 336 g/mol. The minimum Gasteiger partial charge on any atom is -0.448 e. The fourth-order valence-electron chi connectivity index (χ4n) is 1.96. The van der Waals surface area contributed by atoms with E-state index in [0.717, 1.165) is 12.8 Å². The van der Waals surface area contributed by atoms with Crippen LogP contribution in [0.1, 0.15) is 57.9 Å². The van der Waals surface area contributed by atoms with Crippen molar-refractivity contribution >= 4 is 11.9 Å². The molecule has 1 heterocycles. The minimum absolute atomic E-state index is 0.0488. The highest BCUT2D eigenvalue weighted by molar-refractivity contribution is 5.90. The third-order valence-corrected chi connectivity index (χ3v) is 4.22. The van der Waals surface area contributed by atoms with E-state index < -0.39 is 23.5 Å². The second-order valence-corrected chi connectivity index (χ2v) is 6.64. The third-order valence-electron chi connectivity index (χ3n) is 4.22. The van der Waals surface area contributed by atoms with E-state index in [1.165, 1.54) is 23.7 Å². The van der Waals surface area contributed by atoms with Crippen molar-refractivity contribution in [1.29, 1.82) is 5.26 Å². The Morgan fingerprint density at radius 3 is 2.58 bits per heavy atom. The normalized spacial score (nSPS) is 14.2. The number of rotatable bonds is 8. The van der Waals surface area contributed by atoms with Crippen molar-refractivity contribution in [3.05, 3.63) is 28.2 Å². The number of aryl methyl sites for hydroxylation is 1. The molecule has 8 heteroatoms. The first kappa shape index (κ1) is 21.4. The van der Waals surface area contributed by atoms with Gasteiger partial charge in [-0.1, -0.05) is 27.2 Å². The molecule has 1 amide bonds. The van der Waals surface area contributed by atoms with Gasteiger partial charge in [0.1, 0.15) is 5.54 Å². The fraction of sp³-hybridized carbons (Fsp3) is 0.611. The van der Waals surface area contributed by atoms with Gasteiger partial charge in [-0.3, -0.25) is 9.59 Å². The molecule has 0 spiro atoms. The van der Waals surface area contributed by atoms with Gasteiger partial charge < -0.3 is 10.1 Å². The lowest BCUT2D eigenvalue weighted by Gasteiger charge is -2.28. The zero-order valence-corrected chi connectivity index (χ0v) is 15.9. The van der Waals surface area contributed by atoms with E-state index in [0.29, 0.717) is 6.54 Å². The molecule has 0 fully saturated rings. The Kier molecular flexibility index (Phi) is 7.50. The molecule has 0 aliphatic carbocycles. The minimum atomic E-state index is -1.10. The number of carbonyl (C=O) groups is 2. The van der Waals surface area contributed by atoms with Crippen LogP contribution in [-0.4, -0.2) is 33.3 Å². The van der Waals surface area contributed by atoms with Crippen molar-refractivity contribution in [2.75, 3.05) is 0 Å². The molecule has 1 aromatic heterocycles. The highest BCUT2D eigenvalue weighted by atomic mass is 16.5. The van der Waals surface area contributed by atoms with Gasteiger partial charge in [0.05, 0.1) is 6.07 Å². The summed E-state index contributed by atoms with van der Waals surface area (Å²) in [6, 6.07) is 4.57. The van der Waals surface area contributed by atoms with E-state index >= 15 is 0 Å². The Morgan fingerprint density at radius 2 is 2.04 bits per heavy atom. The van der Waals surface area contributed by atoms with Crippen LogP contribution in [-0.2, 0) is 16.1 Å². The van der Waals surface area contributed by atoms with Crippen molar-refractivity contribution < 1.29 is 14.3 Å². The first-order valence-corrected chi connectivity index (χ1v) is 8.67. The Morgan fingerprint density at radius 1 is 1.38 bits per heavy atom. The summed E-state index contributed by atoms with van der Waals surface area (Å²) in [5, 5.41) is 15.8. The predicted molar refractivity (Wildman–Crippen MR) is 95.3 cm³/mol. The number of nitriles is 1. The molecule has 0 aliphatic heterocycles. The van der Waals surface area contributed by atoms with Crippen molar-refractivity contribution in [3.8, 4) is 6.07 Å². The van der Waals surface area contributed by atoms with E-state index in [2.05, 4.69) is 16.5 Å². The topological polar surface area (TPSA) is 114 Å². The van der Waals surface area contributed by atoms with Gasteiger partial charge in [-0.15, -0.1) is 0 Å². The maximum Gasteiger partial charge on any atom is 0.359 e. The molecule has 0 saturated heterocycles. The van der Waals surface area contributed by atoms with E-state index in [1.807, 2.05) is 20.8 Å². The van der Waals surface area contributed by atoms with E-state index in [4.69, 9.17) is 4.74 Å². The Labute approximate surface area is 153 Å². The summed E-state index contributed by atoms with van der Waals surface area (Å²) >= 11 is 0. The summed E-state index contributed by atoms with van der Waals surface area (Å²) in [7, 11) is 0. The number of ether oxygens (including phenoxy) is 1. The summed E-state index contributed by atoms with van der Waals surface area (Å²) in [4.78, 5) is 36.2. The highest BCUT2D eigenvalue weighted by Crippen LogP contribution is 2.15. The van der Waals surface area contributed by atoms with Gasteiger partial charge in [-0.05, 0) is 32.3 Å². The molecule has 0 aromatic carbocycles. The molecule has 1 aromatic rings. The molecule has 0 saturated carbocycles. The van der Waals surface area contributed by atoms with Crippen molar-refractivity contribution in [2.45, 2.75) is 65.6 Å². The molecule has 142 valence electrons. The molecule has 0 radical (unpaired) electrons. The van der Waals surface area contributed by atoms with Gasteiger partial charge in [0.15, 0.2) is 11.8 Å². The zero-order chi connectivity index (χ0) is 19.9. The first-order valence-electron chi connectivity index (χ1n) is 8.67. The van der Waals surface area contributed by atoms with Crippen LogP contribution in [0, 0.1) is 17.2 Å². The molecule has 2 atom stereocenters. The van der Waals surface area contributed by atoms with Gasteiger partial charge >= 0.3 is 5.97 Å². The Balaban J connectivity index is 2.82. The first-order chi connectivity index (χ1) is 12.1. The van der Waals surface area contributed by atoms with Gasteiger partial charge in [0.25, 0.3) is 11.5 Å². The molecule has 0 unspecified atom stereocenters. The lowest BCUT2D eigenvalue weighted by atomic mass is 9.90. The van der Waals surface area contributed by atoms with Crippen molar-refractivity contribution in [2.24, 2.45) is 5.92 Å². The van der Waals surface area contributed by atoms with Crippen LogP contribution in [0.2, 0.25) is 0 Å². The largest absolute Gasteiger partial charge is 0.448 e. The average Bonchev–Trinajstić information content (AvgIpc) is 2.60. The number of carbonyl (C=O) groups excluding carboxylic acids is 2. The van der Waals surface area contributed by atoms with Crippen molar-refractivity contribution in [3.63, 3.8) is 0 Å². The van der Waals surface area contributed by atoms with Crippen LogP contribution in [0.3, 0.4) is 0 Å². The number of unbranched alkanes of at least 4 members (excludes halogenated alkanes) is 1. The molecule has 8 nitrogen and oxygen atoms in total. The number of hydrogen-bond acceptors (Lipinski definition) is 6. The number of aromatic nitrogens is 2. The number of esters is 1. The second kappa shape index (κ2) is 9.13. The van der Waals surface area contributed by atoms with Crippen LogP contribution in [0.5, 0.6) is 0 Å². The van der Waals surface area contributed by atoms with Crippen LogP contribution >= 0.6 is 0 Å². The summed E-state index contributed by atoms with van der Waals surface area (Å²) in [6.45, 7) is 9.03. The summed E-state index contributed by atoms with van der Waals surface area (Å²) in [6.07, 6.45) is 0.534. The van der Waals surface area contributed by atoms with Gasteiger partial charge in [0, 0.05) is 12.6 Å². The van der Waals surface area contributed by atoms with Crippen LogP contribution in [0.25, 0.3) is 0 Å². The molecule has 0 aliphatic rings. The quantitative estimate of drug-likeness (QED) is 0.703. The molecular formula is C18H26N4O4. The second-order valence-electron chi connectivity index (χ2n) is 6.64. The summed E-state index contributed by atoms with van der Waals surface area (Å²) in [5.74, 6) is -1.50. The van der Waals surface area contributed by atoms with E-state index in [-0.39, 0.29) is 17.2 Å². The average molecular weight is 362 g/mol. The number of nitrogens with one attached hydrogen (secondary N) is 1. The smallest absolute Gasteiger partial charge is 0.359 e. The maximum atomic E-state index is 12.2. The molecule has 1 N–H and O–H groups in total. The number of amides is 1. The predicted octanol–water partition coefficient (Wildman–Crippen LogP) is 1.64. The number of hydrogen-bond donors (Lipinski definition) is 1. The third kappa shape index (κ3) is 5.41. The SMILES string of the molecule is CCCCn1nc(C(=O)O[C@H](C)C(=O)N[C@@](C)(C#N)C(C)C)ccc1=O. The van der Waals surface area contributed by atoms with E-state index in [1.54, 1.807) is 6.92 Å². The highest BCUT2D eigenvalue weighted by Gasteiger charge is 2.32. The van der Waals surface area contributed by atoms with Gasteiger partial charge in [-0.25, -0.2) is 9.48 Å². The van der Waals surface area contributed by atoms with E-state index in [9.17, 15) is 19.6 Å². The summed E-state index contributed by atoms with van der Waals surface area (Å²) in [5.41, 5.74) is -1.42. The monoisotopic (exact) mass is 362 g/mol. The zero-order valence-electron chi connectivity index (χ0n) is 15.9. The molecule has 26 heavy (non-hydrogen) atoms. The lowest BCUT2D eigenvalue weighted by Crippen LogP contribution is -2.52. The fourth-order valence-corrected chi connectivity index (χ4v) is 1.96. The lowest BCUT2D eigenvalue weighted by molar-refractivity contribution is -0.130. The molecule has 0 bridgehead atoms. The number of nitrogens with zero attached hydrogens (tertiary/aromatic N) is 3. The summed E-state index contributed by atoms with van der Waals surface area (Å²) < 4.78 is 6.33. The van der Waals surface area contributed by atoms with Gasteiger partial charge in [0.2, 0.25) is 0 Å². The maximum absolute atomic E-state index is 12.2. The Hall–Kier alpha value is -2.69. The standard InChI is InChI=1S/C18H26N4O4/c1-6-7-10-22-15(23)9-8-14(21-22)17(25)26-13(4)16(24)20-18(5,11-19)12(2)3/h8-9,12-13H,6-7,10H2,1-5H3,(H,20,24)/t13-,18+/m1/s1. The van der Waals surface area contributed by atoms with Crippen LogP contribution in [0.15, 0.2) is 16.9 Å². The van der Waals surface area contributed by atoms with Gasteiger partial charge in [-0.2, -0.15) is 10.4 Å².